The van der Waals surface area contributed by atoms with Crippen LogP contribution in [-0.4, -0.2) is 47.9 Å². The van der Waals surface area contributed by atoms with Gasteiger partial charge in [-0.15, -0.1) is 0 Å². The highest BCUT2D eigenvalue weighted by Gasteiger charge is 2.28. The minimum Gasteiger partial charge on any atom is -0.495 e. The van der Waals surface area contributed by atoms with Crippen molar-refractivity contribution in [3.8, 4) is 11.4 Å². The van der Waals surface area contributed by atoms with E-state index in [1.807, 2.05) is 69.3 Å². The number of methoxy groups -OCH3 is 2. The Morgan fingerprint density at radius 3 is 2.54 bits per heavy atom. The summed E-state index contributed by atoms with van der Waals surface area (Å²) < 4.78 is 12.3. The molecule has 192 valence electrons. The number of carbonyl (C=O) groups excluding carboxylic acids is 1. The van der Waals surface area contributed by atoms with Gasteiger partial charge in [-0.2, -0.15) is 0 Å². The van der Waals surface area contributed by atoms with Gasteiger partial charge < -0.3 is 19.7 Å². The average molecular weight is 501 g/mol. The molecule has 37 heavy (non-hydrogen) atoms. The molecule has 0 radical (unpaired) electrons. The number of para-hydroxylation sites is 3. The molecule has 0 saturated heterocycles. The molecule has 0 bridgehead atoms. The first-order valence-electron chi connectivity index (χ1n) is 12.1. The lowest BCUT2D eigenvalue weighted by molar-refractivity contribution is 0.137. The molecule has 1 aromatic heterocycles. The van der Waals surface area contributed by atoms with Gasteiger partial charge >= 0.3 is 6.03 Å². The van der Waals surface area contributed by atoms with Gasteiger partial charge in [0, 0.05) is 13.7 Å². The van der Waals surface area contributed by atoms with E-state index in [1.54, 1.807) is 41.9 Å². The van der Waals surface area contributed by atoms with Crippen LogP contribution in [0.3, 0.4) is 0 Å². The van der Waals surface area contributed by atoms with Crippen LogP contribution < -0.4 is 15.6 Å². The molecule has 2 amide bonds. The third kappa shape index (κ3) is 5.34. The molecule has 1 unspecified atom stereocenters. The molecule has 1 atom stereocenters. The van der Waals surface area contributed by atoms with Gasteiger partial charge in [-0.05, 0) is 62.2 Å². The first-order valence-corrected chi connectivity index (χ1v) is 12.1. The maximum Gasteiger partial charge on any atom is 0.322 e. The minimum absolute atomic E-state index is 0.182. The van der Waals surface area contributed by atoms with Gasteiger partial charge in [0.25, 0.3) is 5.56 Å². The van der Waals surface area contributed by atoms with Crippen molar-refractivity contribution < 1.29 is 14.3 Å². The number of hydrogen-bond acceptors (Lipinski definition) is 5. The number of hydrogen-bond donors (Lipinski definition) is 1. The van der Waals surface area contributed by atoms with Crippen LogP contribution in [0.2, 0.25) is 0 Å². The number of amides is 2. The molecule has 0 aliphatic rings. The summed E-state index contributed by atoms with van der Waals surface area (Å²) in [4.78, 5) is 34.0. The normalized spacial score (nSPS) is 11.8. The summed E-state index contributed by atoms with van der Waals surface area (Å²) in [6.45, 7) is 6.41. The topological polar surface area (TPSA) is 85.7 Å². The van der Waals surface area contributed by atoms with Crippen molar-refractivity contribution in [1.82, 2.24) is 14.5 Å². The van der Waals surface area contributed by atoms with E-state index in [9.17, 15) is 9.59 Å². The molecule has 4 aromatic rings. The van der Waals surface area contributed by atoms with Gasteiger partial charge in [0.2, 0.25) is 0 Å². The number of rotatable bonds is 8. The number of aromatic nitrogens is 2. The van der Waals surface area contributed by atoms with E-state index in [2.05, 4.69) is 5.32 Å². The predicted molar refractivity (Wildman–Crippen MR) is 146 cm³/mol. The third-order valence-electron chi connectivity index (χ3n) is 6.39. The second kappa shape index (κ2) is 11.3. The van der Waals surface area contributed by atoms with Crippen LogP contribution in [-0.2, 0) is 4.74 Å². The number of ether oxygens (including phenoxy) is 2. The number of nitrogens with zero attached hydrogens (tertiary/aromatic N) is 3. The van der Waals surface area contributed by atoms with Crippen LogP contribution in [0.15, 0.2) is 71.5 Å². The molecule has 0 aliphatic heterocycles. The molecule has 3 aromatic carbocycles. The van der Waals surface area contributed by atoms with Crippen LogP contribution in [0.1, 0.15) is 29.9 Å². The smallest absolute Gasteiger partial charge is 0.322 e. The average Bonchev–Trinajstić information content (AvgIpc) is 2.90. The number of nitrogens with one attached hydrogen (secondary N) is 1. The molecule has 8 heteroatoms. The molecule has 1 N–H and O–H groups in total. The Kier molecular flexibility index (Phi) is 7.89. The fourth-order valence-corrected chi connectivity index (χ4v) is 4.36. The highest BCUT2D eigenvalue weighted by molar-refractivity contribution is 5.91. The lowest BCUT2D eigenvalue weighted by Gasteiger charge is -2.31. The number of urea groups is 1. The Bertz CT molecular complexity index is 1480. The predicted octanol–water partition coefficient (Wildman–Crippen LogP) is 5.25. The van der Waals surface area contributed by atoms with Crippen LogP contribution in [0.4, 0.5) is 10.5 Å². The van der Waals surface area contributed by atoms with Crippen molar-refractivity contribution >= 4 is 22.6 Å². The second-order valence-electron chi connectivity index (χ2n) is 8.91. The largest absolute Gasteiger partial charge is 0.495 e. The standard InChI is InChI=1S/C29H32N4O4/c1-19-14-15-20(2)25(18-19)33-27(30-23-11-7-6-10-22(23)28(33)34)21(3)32(16-17-36-4)29(35)31-24-12-8-9-13-26(24)37-5/h6-15,18,21H,16-17H2,1-5H3,(H,31,35). The fraction of sp³-hybridized carbons (Fsp3) is 0.276. The summed E-state index contributed by atoms with van der Waals surface area (Å²) >= 11 is 0. The summed E-state index contributed by atoms with van der Waals surface area (Å²) in [7, 11) is 3.14. The Morgan fingerprint density at radius 2 is 1.78 bits per heavy atom. The number of anilines is 1. The Labute approximate surface area is 216 Å². The molecular weight excluding hydrogens is 468 g/mol. The van der Waals surface area contributed by atoms with E-state index in [0.717, 1.165) is 16.8 Å². The molecule has 0 aliphatic carbocycles. The first-order chi connectivity index (χ1) is 17.8. The molecule has 0 saturated carbocycles. The number of aryl methyl sites for hydroxylation is 2. The molecule has 1 heterocycles. The zero-order chi connectivity index (χ0) is 26.5. The molecule has 8 nitrogen and oxygen atoms in total. The monoisotopic (exact) mass is 500 g/mol. The van der Waals surface area contributed by atoms with Crippen LogP contribution in [0, 0.1) is 13.8 Å². The van der Waals surface area contributed by atoms with E-state index < -0.39 is 6.04 Å². The Morgan fingerprint density at radius 1 is 1.05 bits per heavy atom. The van der Waals surface area contributed by atoms with Gasteiger partial charge in [-0.1, -0.05) is 36.4 Å². The fourth-order valence-electron chi connectivity index (χ4n) is 4.36. The maximum absolute atomic E-state index is 13.9. The maximum atomic E-state index is 13.9. The first kappa shape index (κ1) is 25.9. The summed E-state index contributed by atoms with van der Waals surface area (Å²) in [5.41, 5.74) is 3.63. The summed E-state index contributed by atoms with van der Waals surface area (Å²) in [5.74, 6) is 1.01. The molecule has 0 fully saturated rings. The van der Waals surface area contributed by atoms with E-state index in [1.165, 1.54) is 0 Å². The lowest BCUT2D eigenvalue weighted by Crippen LogP contribution is -2.41. The van der Waals surface area contributed by atoms with Crippen molar-refractivity contribution in [2.75, 3.05) is 32.7 Å². The highest BCUT2D eigenvalue weighted by atomic mass is 16.5. The summed E-state index contributed by atoms with van der Waals surface area (Å²) in [5, 5.41) is 3.46. The SMILES string of the molecule is COCCN(C(=O)Nc1ccccc1OC)C(C)c1nc2ccccc2c(=O)n1-c1cc(C)ccc1C. The van der Waals surface area contributed by atoms with Gasteiger partial charge in [0.05, 0.1) is 42.0 Å². The van der Waals surface area contributed by atoms with E-state index in [-0.39, 0.29) is 18.1 Å². The molecular formula is C29H32N4O4. The zero-order valence-electron chi connectivity index (χ0n) is 21.8. The minimum atomic E-state index is -0.568. The summed E-state index contributed by atoms with van der Waals surface area (Å²) in [6.07, 6.45) is 0. The van der Waals surface area contributed by atoms with Gasteiger partial charge in [-0.25, -0.2) is 9.78 Å². The zero-order valence-corrected chi connectivity index (χ0v) is 21.8. The second-order valence-corrected chi connectivity index (χ2v) is 8.91. The molecule has 0 spiro atoms. The van der Waals surface area contributed by atoms with Crippen molar-refractivity contribution in [1.29, 1.82) is 0 Å². The van der Waals surface area contributed by atoms with Gasteiger partial charge in [-0.3, -0.25) is 9.36 Å². The quantitative estimate of drug-likeness (QED) is 0.357. The summed E-state index contributed by atoms with van der Waals surface area (Å²) in [6, 6.07) is 19.5. The van der Waals surface area contributed by atoms with Crippen molar-refractivity contribution in [3.05, 3.63) is 94.0 Å². The van der Waals surface area contributed by atoms with Crippen LogP contribution in [0.5, 0.6) is 5.75 Å². The van der Waals surface area contributed by atoms with Crippen molar-refractivity contribution in [2.24, 2.45) is 0 Å². The highest BCUT2D eigenvalue weighted by Crippen LogP contribution is 2.27. The molecule has 4 rings (SSSR count). The van der Waals surface area contributed by atoms with E-state index >= 15 is 0 Å². The van der Waals surface area contributed by atoms with Crippen LogP contribution in [0.25, 0.3) is 16.6 Å². The van der Waals surface area contributed by atoms with Crippen molar-refractivity contribution in [2.45, 2.75) is 26.8 Å². The van der Waals surface area contributed by atoms with Crippen LogP contribution >= 0.6 is 0 Å². The van der Waals surface area contributed by atoms with Gasteiger partial charge in [0.1, 0.15) is 11.6 Å². The Balaban J connectivity index is 1.86. The number of benzene rings is 3. The number of carbonyl (C=O) groups is 1. The Hall–Kier alpha value is -4.17. The number of fused-ring (bicyclic) bond motifs is 1. The van der Waals surface area contributed by atoms with Crippen molar-refractivity contribution in [3.63, 3.8) is 0 Å². The van der Waals surface area contributed by atoms with E-state index in [4.69, 9.17) is 14.5 Å². The lowest BCUT2D eigenvalue weighted by atomic mass is 10.1. The third-order valence-corrected chi connectivity index (χ3v) is 6.39. The van der Waals surface area contributed by atoms with E-state index in [0.29, 0.717) is 34.8 Å². The van der Waals surface area contributed by atoms with Gasteiger partial charge in [0.15, 0.2) is 0 Å².